The van der Waals surface area contributed by atoms with Crippen molar-refractivity contribution >= 4 is 11.8 Å². The minimum Gasteiger partial charge on any atom is -0.496 e. The van der Waals surface area contributed by atoms with E-state index in [1.807, 2.05) is 28.9 Å². The molecule has 1 atom stereocenters. The maximum Gasteiger partial charge on any atom is 0.254 e. The van der Waals surface area contributed by atoms with Crippen molar-refractivity contribution < 1.29 is 14.3 Å². The first-order valence-corrected chi connectivity index (χ1v) is 8.54. The number of ether oxygens (including phenoxy) is 1. The van der Waals surface area contributed by atoms with Crippen LogP contribution in [0.4, 0.5) is 0 Å². The fraction of sp³-hybridized carbons (Fsp3) is 0.556. The van der Waals surface area contributed by atoms with Gasteiger partial charge in [-0.15, -0.1) is 0 Å². The fourth-order valence-corrected chi connectivity index (χ4v) is 3.54. The van der Waals surface area contributed by atoms with E-state index in [4.69, 9.17) is 4.74 Å². The summed E-state index contributed by atoms with van der Waals surface area (Å²) in [5.41, 5.74) is 1.65. The van der Waals surface area contributed by atoms with E-state index < -0.39 is 0 Å². The lowest BCUT2D eigenvalue weighted by Gasteiger charge is -2.41. The van der Waals surface area contributed by atoms with Gasteiger partial charge in [-0.05, 0) is 37.5 Å². The Kier molecular flexibility index (Phi) is 5.04. The molecule has 1 aromatic carbocycles. The van der Waals surface area contributed by atoms with Crippen molar-refractivity contribution in [2.24, 2.45) is 0 Å². The van der Waals surface area contributed by atoms with Crippen LogP contribution in [0.2, 0.25) is 0 Å². The van der Waals surface area contributed by atoms with Crippen molar-refractivity contribution in [1.82, 2.24) is 15.1 Å². The molecule has 6 heteroatoms. The van der Waals surface area contributed by atoms with Crippen LogP contribution in [0.15, 0.2) is 18.2 Å². The summed E-state index contributed by atoms with van der Waals surface area (Å²) in [6.07, 6.45) is 1.89. The van der Waals surface area contributed by atoms with E-state index in [0.29, 0.717) is 18.7 Å². The highest BCUT2D eigenvalue weighted by Gasteiger charge is 2.32. The zero-order valence-electron chi connectivity index (χ0n) is 14.4. The first-order valence-electron chi connectivity index (χ1n) is 8.54. The minimum absolute atomic E-state index is 0.0144. The molecule has 24 heavy (non-hydrogen) atoms. The molecule has 2 heterocycles. The Hall–Kier alpha value is -2.08. The summed E-state index contributed by atoms with van der Waals surface area (Å²) in [4.78, 5) is 28.8. The number of hydrogen-bond acceptors (Lipinski definition) is 4. The van der Waals surface area contributed by atoms with Crippen LogP contribution in [0.3, 0.4) is 0 Å². The lowest BCUT2D eigenvalue weighted by Crippen LogP contribution is -2.57. The number of aryl methyl sites for hydroxylation is 1. The number of piperidine rings is 1. The quantitative estimate of drug-likeness (QED) is 0.899. The summed E-state index contributed by atoms with van der Waals surface area (Å²) in [7, 11) is 1.61. The lowest BCUT2D eigenvalue weighted by molar-refractivity contribution is -0.135. The predicted octanol–water partition coefficient (Wildman–Crippen LogP) is 1.04. The first-order chi connectivity index (χ1) is 11.6. The second-order valence-electron chi connectivity index (χ2n) is 6.50. The third-order valence-corrected chi connectivity index (χ3v) is 4.91. The van der Waals surface area contributed by atoms with Crippen LogP contribution in [0.5, 0.6) is 5.75 Å². The van der Waals surface area contributed by atoms with Crippen LogP contribution in [0, 0.1) is 6.92 Å². The molecule has 2 aliphatic rings. The third-order valence-electron chi connectivity index (χ3n) is 4.91. The molecule has 0 aromatic heterocycles. The van der Waals surface area contributed by atoms with Crippen molar-refractivity contribution in [2.75, 3.05) is 39.8 Å². The van der Waals surface area contributed by atoms with Crippen LogP contribution in [0.1, 0.15) is 28.8 Å². The molecule has 0 aliphatic carbocycles. The van der Waals surface area contributed by atoms with E-state index >= 15 is 0 Å². The summed E-state index contributed by atoms with van der Waals surface area (Å²) in [5.74, 6) is 0.879. The number of piperazine rings is 1. The Bertz CT molecular complexity index is 632. The zero-order chi connectivity index (χ0) is 17.1. The second-order valence-corrected chi connectivity index (χ2v) is 6.50. The van der Waals surface area contributed by atoms with Crippen molar-refractivity contribution in [3.05, 3.63) is 29.3 Å². The Morgan fingerprint density at radius 2 is 2.17 bits per heavy atom. The normalized spacial score (nSPS) is 21.8. The molecule has 1 unspecified atom stereocenters. The highest BCUT2D eigenvalue weighted by molar-refractivity contribution is 5.95. The van der Waals surface area contributed by atoms with Crippen molar-refractivity contribution in [1.29, 1.82) is 0 Å². The summed E-state index contributed by atoms with van der Waals surface area (Å²) >= 11 is 0. The monoisotopic (exact) mass is 331 g/mol. The number of rotatable bonds is 3. The number of hydrogen-bond donors (Lipinski definition) is 1. The largest absolute Gasteiger partial charge is 0.496 e. The highest BCUT2D eigenvalue weighted by atomic mass is 16.5. The molecule has 2 aliphatic heterocycles. The molecule has 2 fully saturated rings. The van der Waals surface area contributed by atoms with Crippen molar-refractivity contribution in [2.45, 2.75) is 25.8 Å². The lowest BCUT2D eigenvalue weighted by atomic mass is 10.0. The number of carbonyl (C=O) groups excluding carboxylic acids is 2. The predicted molar refractivity (Wildman–Crippen MR) is 91.2 cm³/mol. The molecule has 3 rings (SSSR count). The molecule has 2 saturated heterocycles. The maximum absolute atomic E-state index is 12.8. The van der Waals surface area contributed by atoms with Gasteiger partial charge < -0.3 is 19.9 Å². The minimum atomic E-state index is 0.0144. The van der Waals surface area contributed by atoms with E-state index in [-0.39, 0.29) is 17.9 Å². The standard InChI is InChI=1S/C18H25N3O3/c1-13-5-6-14(10-16(13)24-2)18(23)20-8-3-4-15(12-20)21-9-7-19-11-17(21)22/h5-6,10,15,19H,3-4,7-9,11-12H2,1-2H3. The number of benzene rings is 1. The molecule has 0 spiro atoms. The molecule has 1 N–H and O–H groups in total. The molecule has 130 valence electrons. The number of amides is 2. The van der Waals surface area contributed by atoms with Crippen LogP contribution in [-0.4, -0.2) is 67.5 Å². The van der Waals surface area contributed by atoms with Crippen LogP contribution < -0.4 is 10.1 Å². The fourth-order valence-electron chi connectivity index (χ4n) is 3.54. The number of carbonyl (C=O) groups is 2. The number of nitrogens with one attached hydrogen (secondary N) is 1. The molecule has 0 bridgehead atoms. The second kappa shape index (κ2) is 7.21. The average Bonchev–Trinajstić information content (AvgIpc) is 2.62. The van der Waals surface area contributed by atoms with Gasteiger partial charge in [0.2, 0.25) is 5.91 Å². The van der Waals surface area contributed by atoms with Gasteiger partial charge in [-0.3, -0.25) is 9.59 Å². The number of nitrogens with zero attached hydrogens (tertiary/aromatic N) is 2. The summed E-state index contributed by atoms with van der Waals surface area (Å²) in [5, 5.41) is 3.10. The molecule has 6 nitrogen and oxygen atoms in total. The average molecular weight is 331 g/mol. The first kappa shape index (κ1) is 16.8. The van der Waals surface area contributed by atoms with Crippen molar-refractivity contribution in [3.8, 4) is 5.75 Å². The van der Waals surface area contributed by atoms with Gasteiger partial charge in [0.25, 0.3) is 5.91 Å². The molecular formula is C18H25N3O3. The van der Waals surface area contributed by atoms with Gasteiger partial charge in [0.1, 0.15) is 5.75 Å². The molecule has 0 saturated carbocycles. The Morgan fingerprint density at radius 1 is 1.33 bits per heavy atom. The van der Waals surface area contributed by atoms with E-state index in [1.54, 1.807) is 13.2 Å². The van der Waals surface area contributed by atoms with Crippen molar-refractivity contribution in [3.63, 3.8) is 0 Å². The van der Waals surface area contributed by atoms with Gasteiger partial charge in [0.15, 0.2) is 0 Å². The van der Waals surface area contributed by atoms with E-state index in [2.05, 4.69) is 5.32 Å². The Balaban J connectivity index is 1.72. The van der Waals surface area contributed by atoms with Gasteiger partial charge in [-0.1, -0.05) is 6.07 Å². The summed E-state index contributed by atoms with van der Waals surface area (Å²) in [6.45, 7) is 5.27. The smallest absolute Gasteiger partial charge is 0.254 e. The van der Waals surface area contributed by atoms with E-state index in [9.17, 15) is 9.59 Å². The number of methoxy groups -OCH3 is 1. The van der Waals surface area contributed by atoms with E-state index in [0.717, 1.165) is 43.8 Å². The number of likely N-dealkylation sites (tertiary alicyclic amines) is 1. The Labute approximate surface area is 142 Å². The topological polar surface area (TPSA) is 61.9 Å². The Morgan fingerprint density at radius 3 is 2.92 bits per heavy atom. The van der Waals surface area contributed by atoms with Gasteiger partial charge in [0.05, 0.1) is 13.7 Å². The summed E-state index contributed by atoms with van der Waals surface area (Å²) < 4.78 is 5.32. The highest BCUT2D eigenvalue weighted by Crippen LogP contribution is 2.23. The van der Waals surface area contributed by atoms with Gasteiger partial charge in [0, 0.05) is 37.8 Å². The molecule has 2 amide bonds. The van der Waals surface area contributed by atoms with E-state index in [1.165, 1.54) is 0 Å². The van der Waals surface area contributed by atoms with Gasteiger partial charge in [-0.25, -0.2) is 0 Å². The van der Waals surface area contributed by atoms with Gasteiger partial charge in [-0.2, -0.15) is 0 Å². The SMILES string of the molecule is COc1cc(C(=O)N2CCCC(N3CCNCC3=O)C2)ccc1C. The molecule has 1 aromatic rings. The van der Waals surface area contributed by atoms with Crippen LogP contribution >= 0.6 is 0 Å². The zero-order valence-corrected chi connectivity index (χ0v) is 14.4. The van der Waals surface area contributed by atoms with Gasteiger partial charge >= 0.3 is 0 Å². The molecular weight excluding hydrogens is 306 g/mol. The van der Waals surface area contributed by atoms with Crippen LogP contribution in [0.25, 0.3) is 0 Å². The molecule has 0 radical (unpaired) electrons. The maximum atomic E-state index is 12.8. The summed E-state index contributed by atoms with van der Waals surface area (Å²) in [6, 6.07) is 5.69. The third kappa shape index (κ3) is 3.38. The van der Waals surface area contributed by atoms with Crippen LogP contribution in [-0.2, 0) is 4.79 Å².